The van der Waals surface area contributed by atoms with E-state index in [4.69, 9.17) is 9.47 Å². The number of rotatable bonds is 7. The lowest BCUT2D eigenvalue weighted by molar-refractivity contribution is 0.283. The summed E-state index contributed by atoms with van der Waals surface area (Å²) in [5.41, 5.74) is 2.49. The van der Waals surface area contributed by atoms with E-state index in [1.54, 1.807) is 26.0 Å². The molecule has 0 amide bonds. The number of ether oxygens (including phenoxy) is 2. The Labute approximate surface area is 172 Å². The molecule has 0 bridgehead atoms. The van der Waals surface area contributed by atoms with E-state index in [0.717, 1.165) is 40.9 Å². The predicted octanol–water partition coefficient (Wildman–Crippen LogP) is 3.62. The Balaban J connectivity index is 1.45. The second-order valence-electron chi connectivity index (χ2n) is 6.85. The summed E-state index contributed by atoms with van der Waals surface area (Å²) in [5.74, 6) is 2.05. The molecule has 0 radical (unpaired) electrons. The fourth-order valence-electron chi connectivity index (χ4n) is 3.44. The van der Waals surface area contributed by atoms with E-state index in [9.17, 15) is 0 Å². The van der Waals surface area contributed by atoms with Gasteiger partial charge in [-0.25, -0.2) is 9.97 Å². The summed E-state index contributed by atoms with van der Waals surface area (Å²) in [6.07, 6.45) is 8.11. The summed E-state index contributed by atoms with van der Waals surface area (Å²) in [6.45, 7) is 1.40. The molecule has 0 aliphatic carbocycles. The summed E-state index contributed by atoms with van der Waals surface area (Å²) in [4.78, 5) is 8.66. The Morgan fingerprint density at radius 3 is 2.70 bits per heavy atom. The predicted molar refractivity (Wildman–Crippen MR) is 113 cm³/mol. The fraction of sp³-hybridized carbons (Fsp3) is 0.182. The van der Waals surface area contributed by atoms with E-state index in [-0.39, 0.29) is 0 Å². The number of aromatic nitrogens is 6. The second-order valence-corrected chi connectivity index (χ2v) is 6.85. The highest BCUT2D eigenvalue weighted by Gasteiger charge is 2.15. The van der Waals surface area contributed by atoms with Crippen molar-refractivity contribution in [2.24, 2.45) is 0 Å². The first-order valence-electron chi connectivity index (χ1n) is 9.69. The number of fused-ring (bicyclic) bond motifs is 3. The molecule has 0 aliphatic heterocycles. The number of benzene rings is 2. The summed E-state index contributed by atoms with van der Waals surface area (Å²) >= 11 is 0. The van der Waals surface area contributed by atoms with Crippen LogP contribution in [-0.2, 0) is 6.54 Å². The van der Waals surface area contributed by atoms with Crippen molar-refractivity contribution >= 4 is 16.6 Å². The van der Waals surface area contributed by atoms with Crippen molar-refractivity contribution in [3.8, 4) is 22.9 Å². The zero-order valence-electron chi connectivity index (χ0n) is 16.5. The SMILES string of the molecule is COc1cc2c(cc1OCCCn1ccnc1)ncn1c(-c3ccccc3)nnc21. The summed E-state index contributed by atoms with van der Waals surface area (Å²) in [6, 6.07) is 13.7. The highest BCUT2D eigenvalue weighted by Crippen LogP contribution is 2.33. The van der Waals surface area contributed by atoms with Crippen LogP contribution in [0.1, 0.15) is 6.42 Å². The van der Waals surface area contributed by atoms with E-state index in [2.05, 4.69) is 20.2 Å². The van der Waals surface area contributed by atoms with Crippen LogP contribution >= 0.6 is 0 Å². The average Bonchev–Trinajstić information content (AvgIpc) is 3.46. The highest BCUT2D eigenvalue weighted by molar-refractivity contribution is 5.94. The smallest absolute Gasteiger partial charge is 0.171 e. The fourth-order valence-corrected chi connectivity index (χ4v) is 3.44. The molecule has 30 heavy (non-hydrogen) atoms. The second kappa shape index (κ2) is 7.82. The van der Waals surface area contributed by atoms with Crippen molar-refractivity contribution in [1.82, 2.24) is 29.1 Å². The van der Waals surface area contributed by atoms with Crippen LogP contribution in [0.5, 0.6) is 11.5 Å². The minimum Gasteiger partial charge on any atom is -0.493 e. The van der Waals surface area contributed by atoms with Gasteiger partial charge in [0, 0.05) is 36.0 Å². The van der Waals surface area contributed by atoms with Crippen molar-refractivity contribution in [3.05, 3.63) is 67.5 Å². The minimum atomic E-state index is 0.561. The molecule has 0 N–H and O–H groups in total. The minimum absolute atomic E-state index is 0.561. The molecule has 2 aromatic carbocycles. The van der Waals surface area contributed by atoms with Gasteiger partial charge in [0.25, 0.3) is 0 Å². The molecule has 5 rings (SSSR count). The Hall–Kier alpha value is -3.94. The number of aryl methyl sites for hydroxylation is 1. The maximum absolute atomic E-state index is 5.98. The molecule has 0 aliphatic rings. The van der Waals surface area contributed by atoms with Crippen molar-refractivity contribution in [2.45, 2.75) is 13.0 Å². The lowest BCUT2D eigenvalue weighted by Crippen LogP contribution is -2.04. The molecule has 0 spiro atoms. The van der Waals surface area contributed by atoms with Gasteiger partial charge in [0.05, 0.1) is 25.6 Å². The molecule has 5 aromatic rings. The summed E-state index contributed by atoms with van der Waals surface area (Å²) in [7, 11) is 1.63. The Morgan fingerprint density at radius 1 is 1.00 bits per heavy atom. The van der Waals surface area contributed by atoms with Crippen molar-refractivity contribution in [1.29, 1.82) is 0 Å². The standard InChI is InChI=1S/C22H20N6O2/c1-29-19-12-17-18(13-20(19)30-11-5-9-27-10-8-23-14-27)24-15-28-21(25-26-22(17)28)16-6-3-2-4-7-16/h2-4,6-8,10,12-15H,5,9,11H2,1H3. The van der Waals surface area contributed by atoms with Gasteiger partial charge in [0.15, 0.2) is 23.0 Å². The average molecular weight is 400 g/mol. The monoisotopic (exact) mass is 400 g/mol. The Morgan fingerprint density at radius 2 is 1.90 bits per heavy atom. The number of methoxy groups -OCH3 is 1. The van der Waals surface area contributed by atoms with Crippen LogP contribution in [0.2, 0.25) is 0 Å². The summed E-state index contributed by atoms with van der Waals surface area (Å²) < 4.78 is 15.5. The number of hydrogen-bond acceptors (Lipinski definition) is 6. The molecule has 8 heteroatoms. The zero-order chi connectivity index (χ0) is 20.3. The zero-order valence-corrected chi connectivity index (χ0v) is 16.5. The lowest BCUT2D eigenvalue weighted by atomic mass is 10.2. The van der Waals surface area contributed by atoms with E-state index in [1.807, 2.05) is 57.6 Å². The first-order valence-corrected chi connectivity index (χ1v) is 9.69. The Bertz CT molecular complexity index is 1280. The van der Waals surface area contributed by atoms with Gasteiger partial charge in [-0.2, -0.15) is 0 Å². The molecule has 3 aromatic heterocycles. The first kappa shape index (κ1) is 18.1. The third-order valence-electron chi connectivity index (χ3n) is 4.94. The molecule has 0 atom stereocenters. The maximum Gasteiger partial charge on any atom is 0.171 e. The molecule has 0 unspecified atom stereocenters. The van der Waals surface area contributed by atoms with Gasteiger partial charge in [0.1, 0.15) is 6.33 Å². The van der Waals surface area contributed by atoms with Gasteiger partial charge in [0.2, 0.25) is 0 Å². The first-order chi connectivity index (χ1) is 14.8. The van der Waals surface area contributed by atoms with Gasteiger partial charge >= 0.3 is 0 Å². The molecule has 8 nitrogen and oxygen atoms in total. The molecule has 150 valence electrons. The topological polar surface area (TPSA) is 79.4 Å². The maximum atomic E-state index is 5.98. The van der Waals surface area contributed by atoms with Gasteiger partial charge in [-0.05, 0) is 12.5 Å². The summed E-state index contributed by atoms with van der Waals surface area (Å²) in [5, 5.41) is 9.63. The van der Waals surface area contributed by atoms with Gasteiger partial charge < -0.3 is 14.0 Å². The van der Waals surface area contributed by atoms with Crippen molar-refractivity contribution in [2.75, 3.05) is 13.7 Å². The third-order valence-corrected chi connectivity index (χ3v) is 4.94. The molecular weight excluding hydrogens is 380 g/mol. The number of nitrogens with zero attached hydrogens (tertiary/aromatic N) is 6. The van der Waals surface area contributed by atoms with Crippen LogP contribution in [0.15, 0.2) is 67.5 Å². The van der Waals surface area contributed by atoms with Gasteiger partial charge in [-0.1, -0.05) is 30.3 Å². The van der Waals surface area contributed by atoms with Gasteiger partial charge in [-0.15, -0.1) is 10.2 Å². The number of imidazole rings is 1. The molecule has 0 saturated heterocycles. The van der Waals surface area contributed by atoms with Crippen molar-refractivity contribution < 1.29 is 9.47 Å². The highest BCUT2D eigenvalue weighted by atomic mass is 16.5. The van der Waals surface area contributed by atoms with E-state index >= 15 is 0 Å². The van der Waals surface area contributed by atoms with Gasteiger partial charge in [-0.3, -0.25) is 4.40 Å². The third kappa shape index (κ3) is 3.32. The van der Waals surface area contributed by atoms with Crippen LogP contribution < -0.4 is 9.47 Å². The van der Waals surface area contributed by atoms with Crippen molar-refractivity contribution in [3.63, 3.8) is 0 Å². The van der Waals surface area contributed by atoms with E-state index in [0.29, 0.717) is 18.1 Å². The molecule has 0 fully saturated rings. The van der Waals surface area contributed by atoms with Crippen LogP contribution in [0, 0.1) is 0 Å². The molecule has 0 saturated carbocycles. The van der Waals surface area contributed by atoms with Crippen LogP contribution in [0.3, 0.4) is 0 Å². The van der Waals surface area contributed by atoms with Crippen LogP contribution in [-0.4, -0.2) is 42.8 Å². The van der Waals surface area contributed by atoms with E-state index < -0.39 is 0 Å². The Kier molecular flexibility index (Phi) is 4.72. The van der Waals surface area contributed by atoms with Crippen LogP contribution in [0.4, 0.5) is 0 Å². The molecule has 3 heterocycles. The molecular formula is C22H20N6O2. The quantitative estimate of drug-likeness (QED) is 0.388. The largest absolute Gasteiger partial charge is 0.493 e. The van der Waals surface area contributed by atoms with Crippen LogP contribution in [0.25, 0.3) is 27.9 Å². The normalized spacial score (nSPS) is 11.2. The number of hydrogen-bond donors (Lipinski definition) is 0. The van der Waals surface area contributed by atoms with E-state index in [1.165, 1.54) is 0 Å². The lowest BCUT2D eigenvalue weighted by Gasteiger charge is -2.12.